The first-order valence-electron chi connectivity index (χ1n) is 5.82. The SMILES string of the molecule is CNCCN(C)C(=O)CN1C(=O)NC(C)(C)C1=O. The second-order valence-electron chi connectivity index (χ2n) is 4.87. The van der Waals surface area contributed by atoms with Crippen molar-refractivity contribution in [2.24, 2.45) is 0 Å². The summed E-state index contributed by atoms with van der Waals surface area (Å²) in [5.74, 6) is -0.630. The number of hydrogen-bond donors (Lipinski definition) is 2. The molecule has 1 heterocycles. The molecule has 0 atom stereocenters. The molecule has 1 saturated heterocycles. The van der Waals surface area contributed by atoms with Gasteiger partial charge in [-0.1, -0.05) is 0 Å². The molecule has 1 fully saturated rings. The van der Waals surface area contributed by atoms with Crippen molar-refractivity contribution in [2.75, 3.05) is 33.7 Å². The van der Waals surface area contributed by atoms with Crippen molar-refractivity contribution in [3.05, 3.63) is 0 Å². The number of urea groups is 1. The van der Waals surface area contributed by atoms with Crippen molar-refractivity contribution < 1.29 is 14.4 Å². The summed E-state index contributed by atoms with van der Waals surface area (Å²) in [5.41, 5.74) is -0.930. The summed E-state index contributed by atoms with van der Waals surface area (Å²) in [6, 6.07) is -0.514. The van der Waals surface area contributed by atoms with E-state index in [2.05, 4.69) is 10.6 Å². The molecule has 0 spiro atoms. The van der Waals surface area contributed by atoms with Crippen molar-refractivity contribution in [3.63, 3.8) is 0 Å². The van der Waals surface area contributed by atoms with Gasteiger partial charge in [0.15, 0.2) is 0 Å². The highest BCUT2D eigenvalue weighted by Gasteiger charge is 2.45. The lowest BCUT2D eigenvalue weighted by molar-refractivity contribution is -0.137. The quantitative estimate of drug-likeness (QED) is 0.618. The van der Waals surface area contributed by atoms with Gasteiger partial charge in [-0.2, -0.15) is 0 Å². The molecule has 0 aliphatic carbocycles. The lowest BCUT2D eigenvalue weighted by Crippen LogP contribution is -2.44. The molecular weight excluding hydrogens is 236 g/mol. The molecule has 18 heavy (non-hydrogen) atoms. The first-order valence-corrected chi connectivity index (χ1v) is 5.82. The first kappa shape index (κ1) is 14.4. The third kappa shape index (κ3) is 2.98. The van der Waals surface area contributed by atoms with Crippen LogP contribution >= 0.6 is 0 Å². The summed E-state index contributed by atoms with van der Waals surface area (Å²) in [6.07, 6.45) is 0. The molecule has 7 heteroatoms. The fourth-order valence-corrected chi connectivity index (χ4v) is 1.62. The van der Waals surface area contributed by atoms with Crippen molar-refractivity contribution in [1.29, 1.82) is 0 Å². The van der Waals surface area contributed by atoms with Gasteiger partial charge < -0.3 is 15.5 Å². The van der Waals surface area contributed by atoms with Crippen LogP contribution in [-0.4, -0.2) is 66.9 Å². The predicted molar refractivity (Wildman–Crippen MR) is 65.9 cm³/mol. The minimum absolute atomic E-state index is 0.214. The zero-order chi connectivity index (χ0) is 13.9. The van der Waals surface area contributed by atoms with E-state index < -0.39 is 11.6 Å². The van der Waals surface area contributed by atoms with E-state index in [0.29, 0.717) is 13.1 Å². The Balaban J connectivity index is 2.60. The van der Waals surface area contributed by atoms with E-state index in [-0.39, 0.29) is 18.4 Å². The van der Waals surface area contributed by atoms with E-state index in [0.717, 1.165) is 4.90 Å². The number of rotatable bonds is 5. The van der Waals surface area contributed by atoms with Crippen LogP contribution in [0.25, 0.3) is 0 Å². The smallest absolute Gasteiger partial charge is 0.325 e. The molecule has 1 aliphatic rings. The highest BCUT2D eigenvalue weighted by molar-refractivity contribution is 6.08. The van der Waals surface area contributed by atoms with Gasteiger partial charge in [-0.25, -0.2) is 4.79 Å². The number of nitrogens with one attached hydrogen (secondary N) is 2. The molecule has 7 nitrogen and oxygen atoms in total. The molecule has 2 N–H and O–H groups in total. The zero-order valence-electron chi connectivity index (χ0n) is 11.2. The molecule has 0 saturated carbocycles. The average Bonchev–Trinajstić information content (AvgIpc) is 2.48. The molecule has 0 unspecified atom stereocenters. The van der Waals surface area contributed by atoms with Gasteiger partial charge in [-0.3, -0.25) is 14.5 Å². The van der Waals surface area contributed by atoms with Crippen molar-refractivity contribution >= 4 is 17.8 Å². The van der Waals surface area contributed by atoms with Gasteiger partial charge in [0.25, 0.3) is 5.91 Å². The van der Waals surface area contributed by atoms with Crippen LogP contribution < -0.4 is 10.6 Å². The van der Waals surface area contributed by atoms with Crippen LogP contribution in [0.1, 0.15) is 13.8 Å². The maximum atomic E-state index is 11.9. The molecule has 0 aromatic heterocycles. The Bertz CT molecular complexity index is 367. The lowest BCUT2D eigenvalue weighted by atomic mass is 10.1. The Morgan fingerprint density at radius 3 is 2.50 bits per heavy atom. The fraction of sp³-hybridized carbons (Fsp3) is 0.727. The molecule has 0 radical (unpaired) electrons. The van der Waals surface area contributed by atoms with Crippen LogP contribution in [0.2, 0.25) is 0 Å². The van der Waals surface area contributed by atoms with Crippen LogP contribution in [0.15, 0.2) is 0 Å². The molecule has 1 rings (SSSR count). The van der Waals surface area contributed by atoms with Crippen molar-refractivity contribution in [2.45, 2.75) is 19.4 Å². The van der Waals surface area contributed by atoms with Crippen LogP contribution in [0, 0.1) is 0 Å². The Kier molecular flexibility index (Phi) is 4.28. The zero-order valence-corrected chi connectivity index (χ0v) is 11.2. The predicted octanol–water partition coefficient (Wildman–Crippen LogP) is -1.01. The minimum Gasteiger partial charge on any atom is -0.343 e. The fourth-order valence-electron chi connectivity index (χ4n) is 1.62. The van der Waals surface area contributed by atoms with Crippen LogP contribution in [0.3, 0.4) is 0 Å². The monoisotopic (exact) mass is 256 g/mol. The highest BCUT2D eigenvalue weighted by Crippen LogP contribution is 2.16. The molecular formula is C11H20N4O3. The second-order valence-corrected chi connectivity index (χ2v) is 4.87. The third-order valence-corrected chi connectivity index (χ3v) is 2.86. The Morgan fingerprint density at radius 2 is 2.06 bits per heavy atom. The number of carbonyl (C=O) groups is 3. The van der Waals surface area contributed by atoms with Crippen molar-refractivity contribution in [1.82, 2.24) is 20.4 Å². The summed E-state index contributed by atoms with van der Waals surface area (Å²) in [7, 11) is 3.43. The van der Waals surface area contributed by atoms with E-state index in [1.54, 1.807) is 27.9 Å². The minimum atomic E-state index is -0.930. The standard InChI is InChI=1S/C11H20N4O3/c1-11(2)9(17)15(10(18)13-11)7-8(16)14(4)6-5-12-3/h12H,5-7H2,1-4H3,(H,13,18). The first-order chi connectivity index (χ1) is 8.29. The average molecular weight is 256 g/mol. The third-order valence-electron chi connectivity index (χ3n) is 2.86. The van der Waals surface area contributed by atoms with Gasteiger partial charge in [0.05, 0.1) is 0 Å². The summed E-state index contributed by atoms with van der Waals surface area (Å²) in [4.78, 5) is 37.7. The number of carbonyl (C=O) groups excluding carboxylic acids is 3. The largest absolute Gasteiger partial charge is 0.343 e. The summed E-state index contributed by atoms with van der Waals surface area (Å²) < 4.78 is 0. The number of likely N-dealkylation sites (N-methyl/N-ethyl adjacent to an activating group) is 2. The van der Waals surface area contributed by atoms with E-state index in [1.165, 1.54) is 4.90 Å². The number of imide groups is 1. The lowest BCUT2D eigenvalue weighted by Gasteiger charge is -2.20. The van der Waals surface area contributed by atoms with E-state index >= 15 is 0 Å². The molecule has 0 bridgehead atoms. The highest BCUT2D eigenvalue weighted by atomic mass is 16.2. The van der Waals surface area contributed by atoms with E-state index in [9.17, 15) is 14.4 Å². The maximum absolute atomic E-state index is 11.9. The van der Waals surface area contributed by atoms with Gasteiger partial charge >= 0.3 is 6.03 Å². The molecule has 0 aromatic rings. The van der Waals surface area contributed by atoms with Crippen LogP contribution in [-0.2, 0) is 9.59 Å². The van der Waals surface area contributed by atoms with Gasteiger partial charge in [0.2, 0.25) is 5.91 Å². The number of amides is 4. The van der Waals surface area contributed by atoms with Gasteiger partial charge in [-0.15, -0.1) is 0 Å². The second kappa shape index (κ2) is 5.34. The van der Waals surface area contributed by atoms with Gasteiger partial charge in [0, 0.05) is 20.1 Å². The molecule has 0 aromatic carbocycles. The maximum Gasteiger partial charge on any atom is 0.325 e. The van der Waals surface area contributed by atoms with E-state index in [1.807, 2.05) is 0 Å². The van der Waals surface area contributed by atoms with Gasteiger partial charge in [-0.05, 0) is 20.9 Å². The molecule has 4 amide bonds. The van der Waals surface area contributed by atoms with Crippen LogP contribution in [0.4, 0.5) is 4.79 Å². The van der Waals surface area contributed by atoms with Gasteiger partial charge in [0.1, 0.15) is 12.1 Å². The summed E-state index contributed by atoms with van der Waals surface area (Å²) in [5, 5.41) is 5.46. The Hall–Kier alpha value is -1.63. The topological polar surface area (TPSA) is 81.8 Å². The normalized spacial score (nSPS) is 17.9. The number of nitrogens with zero attached hydrogens (tertiary/aromatic N) is 2. The Labute approximate surface area is 106 Å². The number of hydrogen-bond acceptors (Lipinski definition) is 4. The van der Waals surface area contributed by atoms with E-state index in [4.69, 9.17) is 0 Å². The summed E-state index contributed by atoms with van der Waals surface area (Å²) >= 11 is 0. The summed E-state index contributed by atoms with van der Waals surface area (Å²) in [6.45, 7) is 4.20. The molecule has 102 valence electrons. The molecule has 1 aliphatic heterocycles. The van der Waals surface area contributed by atoms with Crippen molar-refractivity contribution in [3.8, 4) is 0 Å². The Morgan fingerprint density at radius 1 is 1.44 bits per heavy atom. The van der Waals surface area contributed by atoms with Crippen LogP contribution in [0.5, 0.6) is 0 Å².